The lowest BCUT2D eigenvalue weighted by Crippen LogP contribution is -2.17. The molecular weight excluding hydrogens is 564 g/mol. The smallest absolute Gasteiger partial charge is 0.280 e. The molecular formula is C30H25ClN4O5S. The Morgan fingerprint density at radius 1 is 0.878 bits per heavy atom. The van der Waals surface area contributed by atoms with E-state index in [0.717, 1.165) is 11.1 Å². The molecule has 41 heavy (non-hydrogen) atoms. The summed E-state index contributed by atoms with van der Waals surface area (Å²) in [4.78, 5) is 13.0. The summed E-state index contributed by atoms with van der Waals surface area (Å²) in [5, 5.41) is -0.315. The van der Waals surface area contributed by atoms with Gasteiger partial charge in [-0.15, -0.1) is 0 Å². The highest BCUT2D eigenvalue weighted by Gasteiger charge is 2.24. The van der Waals surface area contributed by atoms with Gasteiger partial charge in [0.05, 0.1) is 7.11 Å². The molecule has 0 saturated carbocycles. The number of pyridine rings is 1. The van der Waals surface area contributed by atoms with E-state index in [-0.39, 0.29) is 27.6 Å². The van der Waals surface area contributed by atoms with Gasteiger partial charge in [0.1, 0.15) is 12.4 Å². The predicted octanol–water partition coefficient (Wildman–Crippen LogP) is 6.68. The van der Waals surface area contributed by atoms with Crippen molar-refractivity contribution in [1.29, 1.82) is 0 Å². The van der Waals surface area contributed by atoms with Crippen molar-refractivity contribution in [1.82, 2.24) is 15.0 Å². The number of nitrogens with zero attached hydrogens (tertiary/aromatic N) is 3. The van der Waals surface area contributed by atoms with Crippen LogP contribution in [-0.2, 0) is 16.6 Å². The van der Waals surface area contributed by atoms with E-state index < -0.39 is 10.0 Å². The van der Waals surface area contributed by atoms with E-state index in [1.54, 1.807) is 54.6 Å². The first-order valence-corrected chi connectivity index (χ1v) is 14.3. The van der Waals surface area contributed by atoms with Crippen molar-refractivity contribution in [3.8, 4) is 34.4 Å². The Kier molecular flexibility index (Phi) is 8.32. The van der Waals surface area contributed by atoms with Crippen molar-refractivity contribution in [2.45, 2.75) is 18.6 Å². The third-order valence-corrected chi connectivity index (χ3v) is 7.35. The molecule has 1 N–H and O–H groups in total. The minimum Gasteiger partial charge on any atom is -0.493 e. The van der Waals surface area contributed by atoms with Crippen molar-refractivity contribution in [2.75, 3.05) is 11.8 Å². The molecule has 0 atom stereocenters. The highest BCUT2D eigenvalue weighted by atomic mass is 35.5. The van der Waals surface area contributed by atoms with Crippen molar-refractivity contribution < 1.29 is 22.6 Å². The summed E-state index contributed by atoms with van der Waals surface area (Å²) in [6.07, 6.45) is 1.46. The van der Waals surface area contributed by atoms with Crippen LogP contribution >= 0.6 is 11.6 Å². The van der Waals surface area contributed by atoms with Gasteiger partial charge in [-0.25, -0.2) is 15.0 Å². The number of aryl methyl sites for hydroxylation is 1. The van der Waals surface area contributed by atoms with Crippen LogP contribution in [0.2, 0.25) is 5.15 Å². The van der Waals surface area contributed by atoms with Crippen LogP contribution in [0.1, 0.15) is 11.1 Å². The Morgan fingerprint density at radius 3 is 2.37 bits per heavy atom. The van der Waals surface area contributed by atoms with Crippen molar-refractivity contribution in [3.63, 3.8) is 0 Å². The molecule has 0 fully saturated rings. The summed E-state index contributed by atoms with van der Waals surface area (Å²) < 4.78 is 46.4. The molecule has 0 aliphatic heterocycles. The molecule has 0 spiro atoms. The molecule has 0 aliphatic carbocycles. The minimum atomic E-state index is -4.17. The van der Waals surface area contributed by atoms with Crippen LogP contribution in [0, 0.1) is 6.92 Å². The highest BCUT2D eigenvalue weighted by molar-refractivity contribution is 7.92. The van der Waals surface area contributed by atoms with Crippen LogP contribution in [0.15, 0.2) is 102 Å². The average molecular weight is 589 g/mol. The first-order chi connectivity index (χ1) is 19.8. The quantitative estimate of drug-likeness (QED) is 0.180. The van der Waals surface area contributed by atoms with Crippen LogP contribution < -0.4 is 18.9 Å². The van der Waals surface area contributed by atoms with Crippen molar-refractivity contribution in [2.24, 2.45) is 0 Å². The molecule has 0 amide bonds. The number of sulfonamides is 1. The SMILES string of the molecule is COc1ccccc1Oc1c(Cl)nc(-c2cccc(OCc3ccccc3)c2)nc1NS(=O)(=O)c1ccc(C)cn1. The fourth-order valence-electron chi connectivity index (χ4n) is 3.78. The average Bonchev–Trinajstić information content (AvgIpc) is 2.98. The number of halogens is 1. The maximum atomic E-state index is 13.3. The first-order valence-electron chi connectivity index (χ1n) is 12.4. The maximum Gasteiger partial charge on any atom is 0.280 e. The number of nitrogens with one attached hydrogen (secondary N) is 1. The number of aromatic nitrogens is 3. The normalized spacial score (nSPS) is 11.1. The van der Waals surface area contributed by atoms with E-state index in [1.165, 1.54) is 19.4 Å². The predicted molar refractivity (Wildman–Crippen MR) is 156 cm³/mol. The molecule has 0 aliphatic rings. The molecule has 2 heterocycles. The number of hydrogen-bond acceptors (Lipinski definition) is 8. The van der Waals surface area contributed by atoms with Crippen LogP contribution in [0.3, 0.4) is 0 Å². The third-order valence-electron chi connectivity index (χ3n) is 5.84. The van der Waals surface area contributed by atoms with E-state index in [4.69, 9.17) is 25.8 Å². The Balaban J connectivity index is 1.53. The molecule has 0 unspecified atom stereocenters. The first kappa shape index (κ1) is 27.9. The zero-order valence-electron chi connectivity index (χ0n) is 22.1. The minimum absolute atomic E-state index is 0.105. The van der Waals surface area contributed by atoms with Gasteiger partial charge in [0, 0.05) is 11.8 Å². The van der Waals surface area contributed by atoms with E-state index in [9.17, 15) is 8.42 Å². The number of methoxy groups -OCH3 is 1. The summed E-state index contributed by atoms with van der Waals surface area (Å²) in [6.45, 7) is 2.18. The monoisotopic (exact) mass is 588 g/mol. The van der Waals surface area contributed by atoms with E-state index in [2.05, 4.69) is 19.7 Å². The molecule has 0 saturated heterocycles. The van der Waals surface area contributed by atoms with Gasteiger partial charge in [-0.3, -0.25) is 4.72 Å². The number of hydrogen-bond donors (Lipinski definition) is 1. The summed E-state index contributed by atoms with van der Waals surface area (Å²) >= 11 is 6.61. The molecule has 2 aromatic heterocycles. The summed E-state index contributed by atoms with van der Waals surface area (Å²) in [6, 6.07) is 26.7. The van der Waals surface area contributed by atoms with Gasteiger partial charge < -0.3 is 14.2 Å². The van der Waals surface area contributed by atoms with Gasteiger partial charge in [0.25, 0.3) is 10.0 Å². The second-order valence-electron chi connectivity index (χ2n) is 8.85. The Morgan fingerprint density at radius 2 is 1.63 bits per heavy atom. The molecule has 0 bridgehead atoms. The standard InChI is InChI=1S/C30H25ClN4O5S/c1-20-15-16-26(32-18-20)41(36,37)35-30-27(40-25-14-7-6-13-24(25)38-2)28(31)33-29(34-30)22-11-8-12-23(17-22)39-19-21-9-4-3-5-10-21/h3-18H,19H2,1-2H3,(H,33,34,35). The highest BCUT2D eigenvalue weighted by Crippen LogP contribution is 2.40. The van der Waals surface area contributed by atoms with Gasteiger partial charge in [-0.2, -0.15) is 8.42 Å². The van der Waals surface area contributed by atoms with E-state index in [1.807, 2.05) is 37.3 Å². The Labute approximate surface area is 242 Å². The van der Waals surface area contributed by atoms with Crippen LogP contribution in [0.5, 0.6) is 23.0 Å². The van der Waals surface area contributed by atoms with Crippen LogP contribution in [-0.4, -0.2) is 30.5 Å². The van der Waals surface area contributed by atoms with Crippen molar-refractivity contribution in [3.05, 3.63) is 113 Å². The molecule has 3 aromatic carbocycles. The molecule has 0 radical (unpaired) electrons. The maximum absolute atomic E-state index is 13.3. The fraction of sp³-hybridized carbons (Fsp3) is 0.100. The van der Waals surface area contributed by atoms with Gasteiger partial charge in [-0.05, 0) is 48.4 Å². The lowest BCUT2D eigenvalue weighted by molar-refractivity contribution is 0.306. The van der Waals surface area contributed by atoms with Crippen molar-refractivity contribution >= 4 is 27.4 Å². The molecule has 11 heteroatoms. The third kappa shape index (κ3) is 6.74. The van der Waals surface area contributed by atoms with Crippen LogP contribution in [0.25, 0.3) is 11.4 Å². The van der Waals surface area contributed by atoms with Gasteiger partial charge in [0.2, 0.25) is 5.75 Å². The van der Waals surface area contributed by atoms with Crippen LogP contribution in [0.4, 0.5) is 5.82 Å². The molecule has 9 nitrogen and oxygen atoms in total. The number of para-hydroxylation sites is 2. The lowest BCUT2D eigenvalue weighted by Gasteiger charge is -2.16. The second-order valence-corrected chi connectivity index (χ2v) is 10.8. The van der Waals surface area contributed by atoms with Gasteiger partial charge in [0.15, 0.2) is 33.3 Å². The second kappa shape index (κ2) is 12.2. The lowest BCUT2D eigenvalue weighted by atomic mass is 10.2. The summed E-state index contributed by atoms with van der Waals surface area (Å²) in [5.41, 5.74) is 2.37. The summed E-state index contributed by atoms with van der Waals surface area (Å²) in [7, 11) is -2.68. The Bertz CT molecular complexity index is 1770. The van der Waals surface area contributed by atoms with E-state index >= 15 is 0 Å². The Hall–Kier alpha value is -4.67. The molecule has 208 valence electrons. The zero-order chi connectivity index (χ0) is 28.8. The van der Waals surface area contributed by atoms with E-state index in [0.29, 0.717) is 29.4 Å². The number of benzene rings is 3. The van der Waals surface area contributed by atoms with Gasteiger partial charge in [-0.1, -0.05) is 72.3 Å². The fourth-order valence-corrected chi connectivity index (χ4v) is 4.93. The summed E-state index contributed by atoms with van der Waals surface area (Å²) in [5.74, 6) is 1.15. The largest absolute Gasteiger partial charge is 0.493 e. The number of rotatable bonds is 10. The topological polar surface area (TPSA) is 113 Å². The van der Waals surface area contributed by atoms with Gasteiger partial charge >= 0.3 is 0 Å². The molecule has 5 aromatic rings. The number of anilines is 1. The number of ether oxygens (including phenoxy) is 3. The molecule has 5 rings (SSSR count). The zero-order valence-corrected chi connectivity index (χ0v) is 23.7.